The van der Waals surface area contributed by atoms with Gasteiger partial charge in [-0.1, -0.05) is 15.9 Å². The molecule has 0 heterocycles. The molecule has 25 heavy (non-hydrogen) atoms. The van der Waals surface area contributed by atoms with E-state index >= 15 is 0 Å². The molecule has 2 aromatic rings. The van der Waals surface area contributed by atoms with Gasteiger partial charge >= 0.3 is 0 Å². The molecule has 0 bridgehead atoms. The summed E-state index contributed by atoms with van der Waals surface area (Å²) < 4.78 is 28.3. The molecule has 0 fully saturated rings. The Kier molecular flexibility index (Phi) is 5.58. The fraction of sp³-hybridized carbons (Fsp3) is 0.278. The van der Waals surface area contributed by atoms with Gasteiger partial charge in [-0.15, -0.1) is 0 Å². The Hall–Kier alpha value is -1.86. The molecule has 0 saturated carbocycles. The van der Waals surface area contributed by atoms with Gasteiger partial charge in [0, 0.05) is 21.3 Å². The Labute approximate surface area is 157 Å². The number of carbonyl (C=O) groups is 1. The molecule has 0 spiro atoms. The summed E-state index contributed by atoms with van der Waals surface area (Å²) in [6.07, 6.45) is 0. The number of nitrogens with one attached hydrogen (secondary N) is 2. The molecule has 0 aliphatic heterocycles. The molecule has 0 aromatic heterocycles. The largest absolute Gasteiger partial charge is 0.347 e. The summed E-state index contributed by atoms with van der Waals surface area (Å²) in [4.78, 5) is 12.3. The minimum atomic E-state index is -3.69. The van der Waals surface area contributed by atoms with Gasteiger partial charge in [-0.2, -0.15) is 0 Å². The van der Waals surface area contributed by atoms with E-state index in [-0.39, 0.29) is 16.3 Å². The summed E-state index contributed by atoms with van der Waals surface area (Å²) in [6.45, 7) is 7.51. The Bertz CT molecular complexity index is 886. The lowest BCUT2D eigenvalue weighted by atomic mass is 10.1. The van der Waals surface area contributed by atoms with E-state index in [4.69, 9.17) is 0 Å². The number of benzene rings is 2. The predicted molar refractivity (Wildman–Crippen MR) is 103 cm³/mol. The quantitative estimate of drug-likeness (QED) is 0.775. The number of rotatable bonds is 4. The molecular formula is C18H21BrN2O3S. The van der Waals surface area contributed by atoms with E-state index in [2.05, 4.69) is 26.0 Å². The van der Waals surface area contributed by atoms with Crippen LogP contribution in [0.2, 0.25) is 0 Å². The van der Waals surface area contributed by atoms with Gasteiger partial charge in [0.05, 0.1) is 4.90 Å². The Morgan fingerprint density at radius 1 is 1.04 bits per heavy atom. The number of amides is 1. The van der Waals surface area contributed by atoms with E-state index in [1.807, 2.05) is 27.7 Å². The minimum Gasteiger partial charge on any atom is -0.347 e. The highest BCUT2D eigenvalue weighted by Crippen LogP contribution is 2.22. The van der Waals surface area contributed by atoms with Gasteiger partial charge in [0.2, 0.25) is 0 Å². The zero-order valence-corrected chi connectivity index (χ0v) is 17.0. The summed E-state index contributed by atoms with van der Waals surface area (Å²) in [5.41, 5.74) is 1.36. The van der Waals surface area contributed by atoms with Crippen LogP contribution in [0, 0.1) is 6.92 Å². The molecule has 134 valence electrons. The van der Waals surface area contributed by atoms with E-state index < -0.39 is 10.0 Å². The highest BCUT2D eigenvalue weighted by atomic mass is 79.9. The molecule has 2 aromatic carbocycles. The molecular weight excluding hydrogens is 404 g/mol. The lowest BCUT2D eigenvalue weighted by Crippen LogP contribution is -2.40. The van der Waals surface area contributed by atoms with E-state index in [9.17, 15) is 13.2 Å². The SMILES string of the molecule is Cc1cc(S(=O)(=O)Nc2ccc(C(=O)NC(C)(C)C)cc2)ccc1Br. The maximum atomic E-state index is 12.5. The number of aryl methyl sites for hydroxylation is 1. The van der Waals surface area contributed by atoms with Gasteiger partial charge in [-0.3, -0.25) is 9.52 Å². The monoisotopic (exact) mass is 424 g/mol. The molecule has 2 N–H and O–H groups in total. The highest BCUT2D eigenvalue weighted by molar-refractivity contribution is 9.10. The first-order chi connectivity index (χ1) is 11.5. The molecule has 0 radical (unpaired) electrons. The first-order valence-corrected chi connectivity index (χ1v) is 9.97. The van der Waals surface area contributed by atoms with Crippen LogP contribution < -0.4 is 10.0 Å². The number of carbonyl (C=O) groups excluding carboxylic acids is 1. The van der Waals surface area contributed by atoms with Crippen molar-refractivity contribution in [1.82, 2.24) is 5.32 Å². The van der Waals surface area contributed by atoms with Gasteiger partial charge in [0.25, 0.3) is 15.9 Å². The Balaban J connectivity index is 2.17. The van der Waals surface area contributed by atoms with E-state index in [0.717, 1.165) is 10.0 Å². The third kappa shape index (κ3) is 5.31. The number of hydrogen-bond donors (Lipinski definition) is 2. The van der Waals surface area contributed by atoms with Gasteiger partial charge < -0.3 is 5.32 Å². The topological polar surface area (TPSA) is 75.3 Å². The van der Waals surface area contributed by atoms with Crippen molar-refractivity contribution in [3.05, 3.63) is 58.1 Å². The maximum absolute atomic E-state index is 12.5. The molecule has 0 atom stereocenters. The Morgan fingerprint density at radius 3 is 2.16 bits per heavy atom. The van der Waals surface area contributed by atoms with Crippen molar-refractivity contribution in [2.75, 3.05) is 4.72 Å². The summed E-state index contributed by atoms with van der Waals surface area (Å²) in [7, 11) is -3.69. The van der Waals surface area contributed by atoms with Gasteiger partial charge in [0.15, 0.2) is 0 Å². The maximum Gasteiger partial charge on any atom is 0.261 e. The van der Waals surface area contributed by atoms with Crippen LogP contribution in [0.15, 0.2) is 51.8 Å². The summed E-state index contributed by atoms with van der Waals surface area (Å²) >= 11 is 3.35. The second kappa shape index (κ2) is 7.17. The predicted octanol–water partition coefficient (Wildman–Crippen LogP) is 4.09. The van der Waals surface area contributed by atoms with Crippen LogP contribution in [0.1, 0.15) is 36.7 Å². The standard InChI is InChI=1S/C18H21BrN2O3S/c1-12-11-15(9-10-16(12)19)25(23,24)21-14-7-5-13(6-8-14)17(22)20-18(2,3)4/h5-11,21H,1-4H3,(H,20,22). The summed E-state index contributed by atoms with van der Waals surface area (Å²) in [6, 6.07) is 11.1. The second-order valence-corrected chi connectivity index (χ2v) is 9.33. The first-order valence-electron chi connectivity index (χ1n) is 7.69. The molecule has 1 amide bonds. The van der Waals surface area contributed by atoms with E-state index in [0.29, 0.717) is 11.3 Å². The number of anilines is 1. The smallest absolute Gasteiger partial charge is 0.261 e. The fourth-order valence-corrected chi connectivity index (χ4v) is 3.49. The zero-order chi connectivity index (χ0) is 18.8. The molecule has 0 unspecified atom stereocenters. The van der Waals surface area contributed by atoms with Crippen LogP contribution in [0.4, 0.5) is 5.69 Å². The van der Waals surface area contributed by atoms with Crippen molar-refractivity contribution in [3.8, 4) is 0 Å². The van der Waals surface area contributed by atoms with Crippen molar-refractivity contribution in [1.29, 1.82) is 0 Å². The highest BCUT2D eigenvalue weighted by Gasteiger charge is 2.17. The Morgan fingerprint density at radius 2 is 1.64 bits per heavy atom. The van der Waals surface area contributed by atoms with Crippen molar-refractivity contribution in [3.63, 3.8) is 0 Å². The van der Waals surface area contributed by atoms with Crippen LogP contribution in [0.25, 0.3) is 0 Å². The van der Waals surface area contributed by atoms with Crippen molar-refractivity contribution in [2.24, 2.45) is 0 Å². The van der Waals surface area contributed by atoms with E-state index in [1.54, 1.807) is 36.4 Å². The van der Waals surface area contributed by atoms with Gasteiger partial charge in [-0.05, 0) is 75.7 Å². The first kappa shape index (κ1) is 19.5. The van der Waals surface area contributed by atoms with Crippen molar-refractivity contribution < 1.29 is 13.2 Å². The van der Waals surface area contributed by atoms with Crippen molar-refractivity contribution in [2.45, 2.75) is 38.1 Å². The third-order valence-electron chi connectivity index (χ3n) is 3.33. The van der Waals surface area contributed by atoms with E-state index in [1.165, 1.54) is 6.07 Å². The van der Waals surface area contributed by atoms with Crippen LogP contribution >= 0.6 is 15.9 Å². The fourth-order valence-electron chi connectivity index (χ4n) is 2.10. The minimum absolute atomic E-state index is 0.183. The summed E-state index contributed by atoms with van der Waals surface area (Å²) in [5, 5.41) is 2.86. The number of hydrogen-bond acceptors (Lipinski definition) is 3. The van der Waals surface area contributed by atoms with Gasteiger partial charge in [-0.25, -0.2) is 8.42 Å². The van der Waals surface area contributed by atoms with Crippen LogP contribution in [0.3, 0.4) is 0 Å². The normalized spacial score (nSPS) is 11.9. The average Bonchev–Trinajstić information content (AvgIpc) is 2.48. The van der Waals surface area contributed by atoms with Gasteiger partial charge in [0.1, 0.15) is 0 Å². The number of sulfonamides is 1. The molecule has 7 heteroatoms. The molecule has 0 aliphatic rings. The van der Waals surface area contributed by atoms with Crippen molar-refractivity contribution >= 4 is 37.5 Å². The summed E-state index contributed by atoms with van der Waals surface area (Å²) in [5.74, 6) is -0.203. The number of halogens is 1. The lowest BCUT2D eigenvalue weighted by Gasteiger charge is -2.20. The third-order valence-corrected chi connectivity index (χ3v) is 5.60. The molecule has 0 aliphatic carbocycles. The molecule has 2 rings (SSSR count). The molecule has 0 saturated heterocycles. The van der Waals surface area contributed by atoms with Crippen LogP contribution in [-0.2, 0) is 10.0 Å². The van der Waals surface area contributed by atoms with Crippen LogP contribution in [-0.4, -0.2) is 19.9 Å². The lowest BCUT2D eigenvalue weighted by molar-refractivity contribution is 0.0919. The molecule has 5 nitrogen and oxygen atoms in total. The zero-order valence-electron chi connectivity index (χ0n) is 14.6. The average molecular weight is 425 g/mol. The second-order valence-electron chi connectivity index (χ2n) is 6.80. The van der Waals surface area contributed by atoms with Crippen LogP contribution in [0.5, 0.6) is 0 Å².